The average Bonchev–Trinajstić information content (AvgIpc) is 2.94. The van der Waals surface area contributed by atoms with Crippen molar-refractivity contribution >= 4 is 41.3 Å². The number of hydrogen-bond acceptors (Lipinski definition) is 4. The van der Waals surface area contributed by atoms with Crippen LogP contribution in [0.3, 0.4) is 0 Å². The molecule has 150 valence electrons. The van der Waals surface area contributed by atoms with Crippen LogP contribution in [-0.4, -0.2) is 24.1 Å². The molecule has 1 heterocycles. The highest BCUT2D eigenvalue weighted by molar-refractivity contribution is 14.0. The van der Waals surface area contributed by atoms with E-state index < -0.39 is 0 Å². The van der Waals surface area contributed by atoms with Crippen molar-refractivity contribution in [3.8, 4) is 5.75 Å². The molecule has 0 saturated heterocycles. The van der Waals surface area contributed by atoms with E-state index >= 15 is 0 Å². The van der Waals surface area contributed by atoms with E-state index in [1.165, 1.54) is 4.88 Å². The standard InChI is InChI=1S/C20H30N4OS.HI/c1-6-21-20(23-12-19-24-15(4)16(5)26-19)22-11-17-7-9-18(10-8-17)25-13-14(2)3;/h7-10,14H,6,11-13H2,1-5H3,(H2,21,22,23);1H. The molecule has 0 aliphatic carbocycles. The lowest BCUT2D eigenvalue weighted by molar-refractivity contribution is 0.271. The number of thiazole rings is 1. The Balaban J connectivity index is 0.00000364. The van der Waals surface area contributed by atoms with Crippen LogP contribution < -0.4 is 15.4 Å². The molecule has 0 aliphatic heterocycles. The number of guanidine groups is 1. The number of rotatable bonds is 8. The molecule has 2 aromatic rings. The van der Waals surface area contributed by atoms with Gasteiger partial charge in [-0.2, -0.15) is 0 Å². The van der Waals surface area contributed by atoms with Gasteiger partial charge in [-0.1, -0.05) is 26.0 Å². The highest BCUT2D eigenvalue weighted by Crippen LogP contribution is 2.16. The fraction of sp³-hybridized carbons (Fsp3) is 0.500. The third-order valence-corrected chi connectivity index (χ3v) is 4.82. The molecule has 27 heavy (non-hydrogen) atoms. The van der Waals surface area contributed by atoms with Crippen molar-refractivity contribution in [2.24, 2.45) is 10.9 Å². The summed E-state index contributed by atoms with van der Waals surface area (Å²) in [5, 5.41) is 7.71. The highest BCUT2D eigenvalue weighted by atomic mass is 127. The Hall–Kier alpha value is -1.35. The molecular weight excluding hydrogens is 471 g/mol. The Kier molecular flexibility index (Phi) is 10.7. The van der Waals surface area contributed by atoms with Crippen molar-refractivity contribution in [1.82, 2.24) is 15.6 Å². The fourth-order valence-electron chi connectivity index (χ4n) is 2.24. The van der Waals surface area contributed by atoms with E-state index in [0.29, 0.717) is 19.0 Å². The van der Waals surface area contributed by atoms with Crippen LogP contribution in [-0.2, 0) is 13.1 Å². The van der Waals surface area contributed by atoms with Gasteiger partial charge in [0, 0.05) is 11.4 Å². The van der Waals surface area contributed by atoms with Gasteiger partial charge in [0.25, 0.3) is 0 Å². The van der Waals surface area contributed by atoms with Gasteiger partial charge in [0.15, 0.2) is 5.96 Å². The fourth-order valence-corrected chi connectivity index (χ4v) is 3.11. The van der Waals surface area contributed by atoms with E-state index in [-0.39, 0.29) is 24.0 Å². The van der Waals surface area contributed by atoms with Gasteiger partial charge >= 0.3 is 0 Å². The molecule has 0 fully saturated rings. The number of aliphatic imine (C=N–C) groups is 1. The Morgan fingerprint density at radius 1 is 1.19 bits per heavy atom. The summed E-state index contributed by atoms with van der Waals surface area (Å²) < 4.78 is 5.72. The Labute approximate surface area is 184 Å². The van der Waals surface area contributed by atoms with Gasteiger partial charge in [-0.15, -0.1) is 35.3 Å². The minimum atomic E-state index is 0. The molecule has 0 bridgehead atoms. The van der Waals surface area contributed by atoms with Crippen LogP contribution >= 0.6 is 35.3 Å². The largest absolute Gasteiger partial charge is 0.493 e. The lowest BCUT2D eigenvalue weighted by atomic mass is 10.2. The summed E-state index contributed by atoms with van der Waals surface area (Å²) in [5.74, 6) is 2.24. The average molecular weight is 502 g/mol. The monoisotopic (exact) mass is 502 g/mol. The molecule has 1 aromatic heterocycles. The molecule has 0 aliphatic rings. The van der Waals surface area contributed by atoms with Gasteiger partial charge in [-0.3, -0.25) is 0 Å². The van der Waals surface area contributed by atoms with Gasteiger partial charge in [0.2, 0.25) is 0 Å². The van der Waals surface area contributed by atoms with Crippen molar-refractivity contribution in [2.45, 2.75) is 47.7 Å². The molecule has 0 radical (unpaired) electrons. The van der Waals surface area contributed by atoms with Gasteiger partial charge in [0.05, 0.1) is 25.4 Å². The van der Waals surface area contributed by atoms with Crippen molar-refractivity contribution < 1.29 is 4.74 Å². The zero-order valence-corrected chi connectivity index (χ0v) is 20.0. The van der Waals surface area contributed by atoms with Gasteiger partial charge < -0.3 is 15.4 Å². The Bertz CT molecular complexity index is 694. The van der Waals surface area contributed by atoms with E-state index in [1.54, 1.807) is 11.3 Å². The summed E-state index contributed by atoms with van der Waals surface area (Å²) in [6.45, 7) is 13.4. The maximum Gasteiger partial charge on any atom is 0.191 e. The number of nitrogens with zero attached hydrogens (tertiary/aromatic N) is 2. The highest BCUT2D eigenvalue weighted by Gasteiger charge is 2.05. The van der Waals surface area contributed by atoms with Crippen molar-refractivity contribution in [3.05, 3.63) is 45.4 Å². The molecule has 0 saturated carbocycles. The van der Waals surface area contributed by atoms with Crippen LogP contribution in [0, 0.1) is 19.8 Å². The second-order valence-electron chi connectivity index (χ2n) is 6.65. The lowest BCUT2D eigenvalue weighted by Gasteiger charge is -2.11. The number of halogens is 1. The molecule has 5 nitrogen and oxygen atoms in total. The topological polar surface area (TPSA) is 58.5 Å². The summed E-state index contributed by atoms with van der Waals surface area (Å²) in [6, 6.07) is 8.15. The van der Waals surface area contributed by atoms with Gasteiger partial charge in [0.1, 0.15) is 10.8 Å². The Morgan fingerprint density at radius 3 is 2.44 bits per heavy atom. The van der Waals surface area contributed by atoms with Crippen LogP contribution in [0.15, 0.2) is 29.3 Å². The predicted octanol–water partition coefficient (Wildman–Crippen LogP) is 4.67. The first-order valence-electron chi connectivity index (χ1n) is 9.14. The minimum Gasteiger partial charge on any atom is -0.493 e. The van der Waals surface area contributed by atoms with Gasteiger partial charge in [-0.25, -0.2) is 9.98 Å². The molecule has 1 aromatic carbocycles. The molecule has 0 unspecified atom stereocenters. The molecule has 7 heteroatoms. The molecule has 2 rings (SSSR count). The zero-order valence-electron chi connectivity index (χ0n) is 16.8. The molecular formula is C20H31IN4OS. The van der Waals surface area contributed by atoms with Crippen molar-refractivity contribution in [2.75, 3.05) is 13.2 Å². The van der Waals surface area contributed by atoms with Crippen LogP contribution in [0.5, 0.6) is 5.75 Å². The summed E-state index contributed by atoms with van der Waals surface area (Å²) in [6.07, 6.45) is 0. The van der Waals surface area contributed by atoms with Crippen LogP contribution in [0.4, 0.5) is 0 Å². The van der Waals surface area contributed by atoms with Gasteiger partial charge in [-0.05, 0) is 44.4 Å². The number of aromatic nitrogens is 1. The number of aryl methyl sites for hydroxylation is 2. The normalized spacial score (nSPS) is 11.3. The first kappa shape index (κ1) is 23.7. The number of nitrogens with one attached hydrogen (secondary N) is 2. The minimum absolute atomic E-state index is 0. The summed E-state index contributed by atoms with van der Waals surface area (Å²) in [5.41, 5.74) is 2.26. The first-order valence-corrected chi connectivity index (χ1v) is 9.96. The zero-order chi connectivity index (χ0) is 18.9. The maximum atomic E-state index is 5.72. The molecule has 0 atom stereocenters. The van der Waals surface area contributed by atoms with Crippen LogP contribution in [0.25, 0.3) is 0 Å². The third-order valence-electron chi connectivity index (χ3n) is 3.75. The molecule has 0 spiro atoms. The van der Waals surface area contributed by atoms with E-state index in [2.05, 4.69) is 60.4 Å². The first-order chi connectivity index (χ1) is 12.5. The van der Waals surface area contributed by atoms with Crippen LogP contribution in [0.2, 0.25) is 0 Å². The third kappa shape index (κ3) is 8.47. The summed E-state index contributed by atoms with van der Waals surface area (Å²) in [7, 11) is 0. The van der Waals surface area contributed by atoms with E-state index in [1.807, 2.05) is 19.1 Å². The van der Waals surface area contributed by atoms with E-state index in [0.717, 1.165) is 41.1 Å². The summed E-state index contributed by atoms with van der Waals surface area (Å²) >= 11 is 1.73. The van der Waals surface area contributed by atoms with E-state index in [4.69, 9.17) is 4.74 Å². The number of ether oxygens (including phenoxy) is 1. The quantitative estimate of drug-likeness (QED) is 0.313. The number of benzene rings is 1. The summed E-state index contributed by atoms with van der Waals surface area (Å²) in [4.78, 5) is 10.5. The van der Waals surface area contributed by atoms with Crippen molar-refractivity contribution in [3.63, 3.8) is 0 Å². The Morgan fingerprint density at radius 2 is 1.89 bits per heavy atom. The molecule has 0 amide bonds. The van der Waals surface area contributed by atoms with E-state index in [9.17, 15) is 0 Å². The second kappa shape index (κ2) is 12.2. The number of hydrogen-bond donors (Lipinski definition) is 2. The van der Waals surface area contributed by atoms with Crippen LogP contribution in [0.1, 0.15) is 41.9 Å². The molecule has 2 N–H and O–H groups in total. The predicted molar refractivity (Wildman–Crippen MR) is 125 cm³/mol. The van der Waals surface area contributed by atoms with Crippen molar-refractivity contribution in [1.29, 1.82) is 0 Å². The SMILES string of the molecule is CCNC(=NCc1ccc(OCC(C)C)cc1)NCc1nc(C)c(C)s1.I. The second-order valence-corrected chi connectivity index (χ2v) is 7.93. The smallest absolute Gasteiger partial charge is 0.191 e. The lowest BCUT2D eigenvalue weighted by Crippen LogP contribution is -2.36. The maximum absolute atomic E-state index is 5.72.